The van der Waals surface area contributed by atoms with Crippen molar-refractivity contribution in [2.75, 3.05) is 28.4 Å². The molecule has 0 bridgehead atoms. The second-order valence-electron chi connectivity index (χ2n) is 4.77. The summed E-state index contributed by atoms with van der Waals surface area (Å²) in [6, 6.07) is 4.23. The van der Waals surface area contributed by atoms with Crippen LogP contribution in [-0.2, 0) is 0 Å². The van der Waals surface area contributed by atoms with Gasteiger partial charge in [0.1, 0.15) is 0 Å². The van der Waals surface area contributed by atoms with E-state index in [9.17, 15) is 0 Å². The Kier molecular flexibility index (Phi) is 6.65. The number of nitrogens with one attached hydrogen (secondary N) is 1. The van der Waals surface area contributed by atoms with Gasteiger partial charge in [0.15, 0.2) is 11.5 Å². The minimum Gasteiger partial charge on any atom is -0.493 e. The highest BCUT2D eigenvalue weighted by Gasteiger charge is 2.25. The van der Waals surface area contributed by atoms with Gasteiger partial charge >= 0.3 is 0 Å². The van der Waals surface area contributed by atoms with E-state index in [1.165, 1.54) is 0 Å². The van der Waals surface area contributed by atoms with Gasteiger partial charge in [-0.15, -0.1) is 0 Å². The molecule has 114 valence electrons. The predicted octanol–water partition coefficient (Wildman–Crippen LogP) is 3.41. The lowest BCUT2D eigenvalue weighted by Crippen LogP contribution is -2.25. The molecule has 1 aromatic carbocycles. The van der Waals surface area contributed by atoms with Crippen molar-refractivity contribution in [3.8, 4) is 17.2 Å². The minimum atomic E-state index is 0.236. The summed E-state index contributed by atoms with van der Waals surface area (Å²) < 4.78 is 16.4. The Bertz CT molecular complexity index is 416. The first kappa shape index (κ1) is 16.6. The van der Waals surface area contributed by atoms with Crippen LogP contribution in [0.25, 0.3) is 0 Å². The molecule has 0 saturated carbocycles. The lowest BCUT2D eigenvalue weighted by atomic mass is 9.88. The molecule has 0 radical (unpaired) electrons. The Balaban J connectivity index is 3.35. The van der Waals surface area contributed by atoms with Crippen LogP contribution in [0, 0.1) is 5.92 Å². The smallest absolute Gasteiger partial charge is 0.203 e. The summed E-state index contributed by atoms with van der Waals surface area (Å²) in [6.45, 7) is 4.43. The third kappa shape index (κ3) is 3.18. The first-order valence-corrected chi connectivity index (χ1v) is 7.14. The molecule has 0 aliphatic rings. The van der Waals surface area contributed by atoms with Crippen LogP contribution in [0.2, 0.25) is 0 Å². The van der Waals surface area contributed by atoms with Gasteiger partial charge in [0, 0.05) is 11.6 Å². The summed E-state index contributed by atoms with van der Waals surface area (Å²) in [5.41, 5.74) is 1.11. The number of methoxy groups -OCH3 is 3. The molecule has 0 aromatic heterocycles. The van der Waals surface area contributed by atoms with Gasteiger partial charge in [-0.2, -0.15) is 0 Å². The molecule has 0 saturated heterocycles. The van der Waals surface area contributed by atoms with Gasteiger partial charge in [-0.1, -0.05) is 26.7 Å². The number of hydrogen-bond donors (Lipinski definition) is 1. The van der Waals surface area contributed by atoms with E-state index in [0.29, 0.717) is 17.4 Å². The van der Waals surface area contributed by atoms with E-state index in [1.54, 1.807) is 21.3 Å². The van der Waals surface area contributed by atoms with Gasteiger partial charge in [-0.3, -0.25) is 0 Å². The molecule has 20 heavy (non-hydrogen) atoms. The molecule has 1 atom stereocenters. The third-order valence-electron chi connectivity index (χ3n) is 3.90. The second kappa shape index (κ2) is 8.00. The Morgan fingerprint density at radius 3 is 1.95 bits per heavy atom. The van der Waals surface area contributed by atoms with Crippen LogP contribution in [0.3, 0.4) is 0 Å². The molecular weight excluding hydrogens is 254 g/mol. The van der Waals surface area contributed by atoms with E-state index in [1.807, 2.05) is 13.1 Å². The summed E-state index contributed by atoms with van der Waals surface area (Å²) in [5.74, 6) is 2.64. The second-order valence-corrected chi connectivity index (χ2v) is 4.77. The standard InChI is InChI=1S/C16H27NO3/c1-7-11(8-2)14(17-3)12-9-10-13(18-4)16(20-6)15(12)19-5/h9-11,14,17H,7-8H2,1-6H3. The fourth-order valence-corrected chi connectivity index (χ4v) is 2.77. The molecule has 0 fully saturated rings. The van der Waals surface area contributed by atoms with Gasteiger partial charge in [0.2, 0.25) is 5.75 Å². The summed E-state index contributed by atoms with van der Waals surface area (Å²) in [5, 5.41) is 3.41. The van der Waals surface area contributed by atoms with Gasteiger partial charge in [-0.25, -0.2) is 0 Å². The third-order valence-corrected chi connectivity index (χ3v) is 3.90. The van der Waals surface area contributed by atoms with Gasteiger partial charge in [0.05, 0.1) is 21.3 Å². The zero-order valence-corrected chi connectivity index (χ0v) is 13.4. The molecule has 4 nitrogen and oxygen atoms in total. The Morgan fingerprint density at radius 1 is 0.950 bits per heavy atom. The van der Waals surface area contributed by atoms with Crippen molar-refractivity contribution in [2.24, 2.45) is 5.92 Å². The highest BCUT2D eigenvalue weighted by molar-refractivity contribution is 5.56. The van der Waals surface area contributed by atoms with Crippen LogP contribution in [0.5, 0.6) is 17.2 Å². The highest BCUT2D eigenvalue weighted by Crippen LogP contribution is 2.44. The SMILES string of the molecule is CCC(CC)C(NC)c1ccc(OC)c(OC)c1OC. The number of ether oxygens (including phenoxy) is 3. The fraction of sp³-hybridized carbons (Fsp3) is 0.625. The molecule has 1 N–H and O–H groups in total. The minimum absolute atomic E-state index is 0.236. The van der Waals surface area contributed by atoms with Gasteiger partial charge < -0.3 is 19.5 Å². The van der Waals surface area contributed by atoms with E-state index < -0.39 is 0 Å². The van der Waals surface area contributed by atoms with E-state index in [2.05, 4.69) is 25.2 Å². The number of rotatable bonds is 8. The average Bonchev–Trinajstić information content (AvgIpc) is 2.50. The molecule has 4 heteroatoms. The van der Waals surface area contributed by atoms with Crippen molar-refractivity contribution >= 4 is 0 Å². The normalized spacial score (nSPS) is 12.3. The molecule has 1 unspecified atom stereocenters. The van der Waals surface area contributed by atoms with Crippen molar-refractivity contribution in [2.45, 2.75) is 32.7 Å². The Hall–Kier alpha value is -1.42. The van der Waals surface area contributed by atoms with Crippen LogP contribution in [0.4, 0.5) is 0 Å². The monoisotopic (exact) mass is 281 g/mol. The Morgan fingerprint density at radius 2 is 1.55 bits per heavy atom. The van der Waals surface area contributed by atoms with Crippen molar-refractivity contribution in [1.29, 1.82) is 0 Å². The maximum atomic E-state index is 5.59. The fourth-order valence-electron chi connectivity index (χ4n) is 2.77. The van der Waals surface area contributed by atoms with Crippen molar-refractivity contribution in [1.82, 2.24) is 5.32 Å². The molecule has 1 rings (SSSR count). The first-order valence-electron chi connectivity index (χ1n) is 7.14. The van der Waals surface area contributed by atoms with Crippen LogP contribution in [-0.4, -0.2) is 28.4 Å². The van der Waals surface area contributed by atoms with E-state index in [0.717, 1.165) is 24.2 Å². The largest absolute Gasteiger partial charge is 0.493 e. The van der Waals surface area contributed by atoms with Crippen LogP contribution >= 0.6 is 0 Å². The zero-order valence-electron chi connectivity index (χ0n) is 13.4. The molecule has 0 spiro atoms. The average molecular weight is 281 g/mol. The lowest BCUT2D eigenvalue weighted by molar-refractivity contribution is 0.307. The molecule has 0 aliphatic carbocycles. The summed E-state index contributed by atoms with van der Waals surface area (Å²) in [6.07, 6.45) is 2.22. The van der Waals surface area contributed by atoms with Crippen LogP contribution < -0.4 is 19.5 Å². The van der Waals surface area contributed by atoms with Gasteiger partial charge in [-0.05, 0) is 25.1 Å². The van der Waals surface area contributed by atoms with E-state index >= 15 is 0 Å². The molecule has 0 heterocycles. The molecule has 1 aromatic rings. The number of hydrogen-bond acceptors (Lipinski definition) is 4. The summed E-state index contributed by atoms with van der Waals surface area (Å²) in [4.78, 5) is 0. The van der Waals surface area contributed by atoms with Crippen LogP contribution in [0.15, 0.2) is 12.1 Å². The topological polar surface area (TPSA) is 39.7 Å². The maximum Gasteiger partial charge on any atom is 0.203 e. The van der Waals surface area contributed by atoms with Crippen molar-refractivity contribution in [3.05, 3.63) is 17.7 Å². The lowest BCUT2D eigenvalue weighted by Gasteiger charge is -2.28. The van der Waals surface area contributed by atoms with Crippen LogP contribution in [0.1, 0.15) is 38.3 Å². The van der Waals surface area contributed by atoms with E-state index in [-0.39, 0.29) is 6.04 Å². The van der Waals surface area contributed by atoms with Crippen molar-refractivity contribution in [3.63, 3.8) is 0 Å². The number of benzene rings is 1. The highest BCUT2D eigenvalue weighted by atomic mass is 16.5. The zero-order chi connectivity index (χ0) is 15.1. The Labute approximate surface area is 122 Å². The van der Waals surface area contributed by atoms with E-state index in [4.69, 9.17) is 14.2 Å². The predicted molar refractivity (Wildman–Crippen MR) is 82.0 cm³/mol. The first-order chi connectivity index (χ1) is 9.68. The summed E-state index contributed by atoms with van der Waals surface area (Å²) >= 11 is 0. The molecule has 0 amide bonds. The molecular formula is C16H27NO3. The maximum absolute atomic E-state index is 5.59. The van der Waals surface area contributed by atoms with Crippen molar-refractivity contribution < 1.29 is 14.2 Å². The van der Waals surface area contributed by atoms with Gasteiger partial charge in [0.25, 0.3) is 0 Å². The quantitative estimate of drug-likeness (QED) is 0.792. The molecule has 0 aliphatic heterocycles. The summed E-state index contributed by atoms with van der Waals surface area (Å²) in [7, 11) is 6.92.